The van der Waals surface area contributed by atoms with Gasteiger partial charge in [0.1, 0.15) is 0 Å². The number of halogens is 1. The Morgan fingerprint density at radius 2 is 1.78 bits per heavy atom. The quantitative estimate of drug-likeness (QED) is 0.171. The standard InChI is InChI=1S/C4H5NO2S.C3H5ClO2.CHNS.Na/c1-2-7-4(6)5-3-8;1-2-6-3(4)5;2-1-3;/h2H2,1H3;2H2,1H3;3H;/q;;;+1/p-1. The third kappa shape index (κ3) is 44.8. The summed E-state index contributed by atoms with van der Waals surface area (Å²) in [4.78, 5) is 22.7. The Hall–Kier alpha value is -0.260. The molecular weight excluding hydrogens is 311 g/mol. The molecule has 0 aromatic heterocycles. The molecule has 0 saturated heterocycles. The van der Waals surface area contributed by atoms with Crippen molar-refractivity contribution in [1.82, 2.24) is 0 Å². The van der Waals surface area contributed by atoms with E-state index in [1.165, 1.54) is 5.40 Å². The van der Waals surface area contributed by atoms with Crippen molar-refractivity contribution in [3.63, 3.8) is 0 Å². The Kier molecular flexibility index (Phi) is 37.4. The van der Waals surface area contributed by atoms with E-state index in [9.17, 15) is 9.59 Å². The summed E-state index contributed by atoms with van der Waals surface area (Å²) < 4.78 is 8.52. The second-order valence-electron chi connectivity index (χ2n) is 1.66. The minimum absolute atomic E-state index is 0. The average molecular weight is 321 g/mol. The first-order valence-corrected chi connectivity index (χ1v) is 5.27. The van der Waals surface area contributed by atoms with E-state index in [-0.39, 0.29) is 29.6 Å². The van der Waals surface area contributed by atoms with Crippen LogP contribution in [0, 0.1) is 10.7 Å². The van der Waals surface area contributed by atoms with Gasteiger partial charge in [-0.1, -0.05) is 5.40 Å². The van der Waals surface area contributed by atoms with Gasteiger partial charge in [-0.15, -0.1) is 4.99 Å². The van der Waals surface area contributed by atoms with Gasteiger partial charge < -0.3 is 22.1 Å². The number of nitriles is 1. The summed E-state index contributed by atoms with van der Waals surface area (Å²) in [7, 11) is 0. The van der Waals surface area contributed by atoms with Crippen molar-refractivity contribution >= 4 is 53.1 Å². The molecule has 0 aromatic carbocycles. The Labute approximate surface area is 143 Å². The van der Waals surface area contributed by atoms with Gasteiger partial charge in [-0.3, -0.25) is 0 Å². The largest absolute Gasteiger partial charge is 1.00 e. The van der Waals surface area contributed by atoms with E-state index in [4.69, 9.17) is 16.9 Å². The second-order valence-corrected chi connectivity index (χ2v) is 2.34. The number of carbonyl (C=O) groups is 2. The Bertz CT molecular complexity index is 306. The van der Waals surface area contributed by atoms with Gasteiger partial charge >= 0.3 is 41.1 Å². The molecule has 6 nitrogen and oxygen atoms in total. The molecular formula is C8H10ClN2NaO4S2. The van der Waals surface area contributed by atoms with Crippen LogP contribution in [0.25, 0.3) is 0 Å². The van der Waals surface area contributed by atoms with E-state index in [0.717, 1.165) is 0 Å². The zero-order valence-corrected chi connectivity index (χ0v) is 14.5. The first kappa shape index (κ1) is 26.3. The molecule has 96 valence electrons. The fourth-order valence-corrected chi connectivity index (χ4v) is 0.490. The van der Waals surface area contributed by atoms with Crippen LogP contribution in [-0.4, -0.2) is 29.9 Å². The molecule has 10 heteroatoms. The zero-order valence-electron chi connectivity index (χ0n) is 10.1. The molecule has 0 aliphatic heterocycles. The Morgan fingerprint density at radius 3 is 1.94 bits per heavy atom. The van der Waals surface area contributed by atoms with Crippen LogP contribution in [-0.2, 0) is 22.1 Å². The molecule has 0 aliphatic rings. The number of hydrogen-bond acceptors (Lipinski definition) is 7. The maximum absolute atomic E-state index is 10.1. The summed E-state index contributed by atoms with van der Waals surface area (Å²) in [5.41, 5.74) is -0.738. The summed E-state index contributed by atoms with van der Waals surface area (Å²) in [5.74, 6) is 0. The molecule has 0 bridgehead atoms. The van der Waals surface area contributed by atoms with Crippen molar-refractivity contribution in [2.24, 2.45) is 4.99 Å². The van der Waals surface area contributed by atoms with Gasteiger partial charge in [-0.05, 0) is 26.1 Å². The summed E-state index contributed by atoms with van der Waals surface area (Å²) in [6.45, 7) is 4.05. The number of aliphatic imine (C=N–C) groups is 1. The van der Waals surface area contributed by atoms with Crippen LogP contribution in [0.4, 0.5) is 9.59 Å². The smallest absolute Gasteiger partial charge is 0.696 e. The summed E-state index contributed by atoms with van der Waals surface area (Å²) in [5, 5.41) is 10.4. The van der Waals surface area contributed by atoms with Crippen LogP contribution in [0.1, 0.15) is 13.8 Å². The first-order valence-electron chi connectivity index (χ1n) is 4.08. The summed E-state index contributed by atoms with van der Waals surface area (Å²) in [6, 6.07) is 0. The molecule has 18 heavy (non-hydrogen) atoms. The number of thiocyanates is 1. The predicted molar refractivity (Wildman–Crippen MR) is 67.9 cm³/mol. The van der Waals surface area contributed by atoms with E-state index in [1.54, 1.807) is 13.8 Å². The predicted octanol–water partition coefficient (Wildman–Crippen LogP) is -0.354. The van der Waals surface area contributed by atoms with Gasteiger partial charge in [-0.2, -0.15) is 0 Å². The van der Waals surface area contributed by atoms with Gasteiger partial charge in [0.25, 0.3) is 0 Å². The maximum atomic E-state index is 10.1. The number of carbonyl (C=O) groups excluding carboxylic acids is 2. The number of nitrogens with zero attached hydrogens (tertiary/aromatic N) is 2. The molecule has 0 rings (SSSR count). The van der Waals surface area contributed by atoms with Crippen LogP contribution in [0.5, 0.6) is 0 Å². The summed E-state index contributed by atoms with van der Waals surface area (Å²) >= 11 is 12.5. The van der Waals surface area contributed by atoms with E-state index < -0.39 is 11.5 Å². The van der Waals surface area contributed by atoms with Gasteiger partial charge in [0.2, 0.25) is 0 Å². The molecule has 0 saturated carbocycles. The minimum Gasteiger partial charge on any atom is -0.696 e. The number of isothiocyanates is 1. The molecule has 0 aliphatic carbocycles. The third-order valence-corrected chi connectivity index (χ3v) is 0.863. The molecule has 0 atom stereocenters. The van der Waals surface area contributed by atoms with E-state index in [2.05, 4.69) is 39.3 Å². The Morgan fingerprint density at radius 1 is 1.39 bits per heavy atom. The normalized spacial score (nSPS) is 6.11. The number of hydrogen-bond donors (Lipinski definition) is 0. The maximum Gasteiger partial charge on any atom is 1.00 e. The number of amides is 1. The molecule has 0 aromatic rings. The number of rotatable bonds is 2. The monoisotopic (exact) mass is 320 g/mol. The first-order chi connectivity index (χ1) is 7.99. The van der Waals surface area contributed by atoms with Crippen LogP contribution in [0.2, 0.25) is 0 Å². The molecule has 0 fully saturated rings. The van der Waals surface area contributed by atoms with Crippen molar-refractivity contribution in [1.29, 1.82) is 5.26 Å². The van der Waals surface area contributed by atoms with E-state index >= 15 is 0 Å². The van der Waals surface area contributed by atoms with Gasteiger partial charge in [0.05, 0.1) is 18.4 Å². The minimum atomic E-state index is -0.738. The average Bonchev–Trinajstić information content (AvgIpc) is 2.20. The van der Waals surface area contributed by atoms with Crippen molar-refractivity contribution in [2.45, 2.75) is 13.8 Å². The fourth-order valence-electron chi connectivity index (χ4n) is 0.306. The van der Waals surface area contributed by atoms with Crippen molar-refractivity contribution in [3.8, 4) is 5.40 Å². The Balaban J connectivity index is -0.0000000875. The van der Waals surface area contributed by atoms with Gasteiger partial charge in [0.15, 0.2) is 0 Å². The van der Waals surface area contributed by atoms with Crippen molar-refractivity contribution in [2.75, 3.05) is 13.2 Å². The van der Waals surface area contributed by atoms with E-state index in [1.807, 2.05) is 5.16 Å². The van der Waals surface area contributed by atoms with Crippen LogP contribution in [0.15, 0.2) is 4.99 Å². The molecule has 0 N–H and O–H groups in total. The van der Waals surface area contributed by atoms with Crippen LogP contribution in [0.3, 0.4) is 0 Å². The molecule has 0 radical (unpaired) electrons. The third-order valence-electron chi connectivity index (χ3n) is 0.663. The second kappa shape index (κ2) is 25.6. The molecule has 0 spiro atoms. The molecule has 0 unspecified atom stereocenters. The molecule has 0 heterocycles. The SMILES string of the molecule is CCOC(=O)Cl.CCOC(=O)N=C=S.N#C[S-].[Na+]. The van der Waals surface area contributed by atoms with Gasteiger partial charge in [0, 0.05) is 11.6 Å². The number of thiocarbonyl (C=S) groups is 1. The van der Waals surface area contributed by atoms with E-state index in [0.29, 0.717) is 13.2 Å². The number of ether oxygens (including phenoxy) is 2. The summed E-state index contributed by atoms with van der Waals surface area (Å²) in [6.07, 6.45) is -0.678. The topological polar surface area (TPSA) is 88.8 Å². The fraction of sp³-hybridized carbons (Fsp3) is 0.500. The van der Waals surface area contributed by atoms with Crippen molar-refractivity contribution < 1.29 is 48.6 Å². The van der Waals surface area contributed by atoms with Crippen LogP contribution >= 0.6 is 23.8 Å². The molecule has 1 amide bonds. The van der Waals surface area contributed by atoms with Crippen LogP contribution < -0.4 is 29.6 Å². The van der Waals surface area contributed by atoms with Crippen molar-refractivity contribution in [3.05, 3.63) is 0 Å². The zero-order chi connectivity index (χ0) is 14.1. The van der Waals surface area contributed by atoms with Gasteiger partial charge in [-0.25, -0.2) is 14.9 Å².